The number of benzene rings is 1. The number of nitrogens with one attached hydrogen (secondary N) is 1. The van der Waals surface area contributed by atoms with Gasteiger partial charge in [-0.05, 0) is 36.2 Å². The highest BCUT2D eigenvalue weighted by atomic mass is 35.5. The summed E-state index contributed by atoms with van der Waals surface area (Å²) in [7, 11) is 0. The smallest absolute Gasteiger partial charge is 0.251 e. The van der Waals surface area contributed by atoms with Crippen LogP contribution in [0.3, 0.4) is 0 Å². The summed E-state index contributed by atoms with van der Waals surface area (Å²) in [6.07, 6.45) is 3.46. The molecule has 1 amide bonds. The molecule has 1 aromatic carbocycles. The second-order valence-corrected chi connectivity index (χ2v) is 4.58. The predicted molar refractivity (Wildman–Crippen MR) is 76.1 cm³/mol. The fraction of sp³-hybridized carbons (Fsp3) is 0.200. The van der Waals surface area contributed by atoms with E-state index in [4.69, 9.17) is 11.6 Å². The highest BCUT2D eigenvalue weighted by Gasteiger charge is 2.11. The fourth-order valence-electron chi connectivity index (χ4n) is 1.74. The quantitative estimate of drug-likeness (QED) is 0.869. The molecule has 1 heterocycles. The zero-order chi connectivity index (χ0) is 13.7. The lowest BCUT2D eigenvalue weighted by Gasteiger charge is -2.14. The van der Waals surface area contributed by atoms with E-state index < -0.39 is 0 Å². The Bertz CT molecular complexity index is 540. The summed E-state index contributed by atoms with van der Waals surface area (Å²) >= 11 is 5.72. The minimum Gasteiger partial charge on any atom is -0.345 e. The van der Waals surface area contributed by atoms with Gasteiger partial charge in [0.15, 0.2) is 0 Å². The van der Waals surface area contributed by atoms with Gasteiger partial charge in [-0.3, -0.25) is 9.78 Å². The van der Waals surface area contributed by atoms with Gasteiger partial charge in [0.05, 0.1) is 6.04 Å². The molecule has 0 fully saturated rings. The van der Waals surface area contributed by atoms with E-state index >= 15 is 0 Å². The van der Waals surface area contributed by atoms with Gasteiger partial charge < -0.3 is 5.32 Å². The van der Waals surface area contributed by atoms with Crippen molar-refractivity contribution in [2.45, 2.75) is 18.8 Å². The first-order chi connectivity index (χ1) is 9.20. The van der Waals surface area contributed by atoms with Gasteiger partial charge in [-0.2, -0.15) is 0 Å². The number of aromatic nitrogens is 1. The van der Waals surface area contributed by atoms with Crippen LogP contribution in [0.4, 0.5) is 0 Å². The van der Waals surface area contributed by atoms with E-state index in [9.17, 15) is 4.79 Å². The summed E-state index contributed by atoms with van der Waals surface area (Å²) in [5.41, 5.74) is 2.61. The third-order valence-corrected chi connectivity index (χ3v) is 3.21. The molecule has 0 bridgehead atoms. The highest BCUT2D eigenvalue weighted by molar-refractivity contribution is 6.17. The van der Waals surface area contributed by atoms with Crippen molar-refractivity contribution in [2.75, 3.05) is 0 Å². The Labute approximate surface area is 117 Å². The van der Waals surface area contributed by atoms with E-state index in [0.29, 0.717) is 11.4 Å². The number of carbonyl (C=O) groups excluding carboxylic acids is 1. The zero-order valence-corrected chi connectivity index (χ0v) is 11.4. The van der Waals surface area contributed by atoms with Crippen molar-refractivity contribution < 1.29 is 4.79 Å². The monoisotopic (exact) mass is 274 g/mol. The van der Waals surface area contributed by atoms with Gasteiger partial charge >= 0.3 is 0 Å². The first-order valence-electron chi connectivity index (χ1n) is 6.06. The number of carbonyl (C=O) groups is 1. The van der Waals surface area contributed by atoms with E-state index in [1.165, 1.54) is 0 Å². The van der Waals surface area contributed by atoms with Crippen molar-refractivity contribution in [2.24, 2.45) is 0 Å². The summed E-state index contributed by atoms with van der Waals surface area (Å²) in [5, 5.41) is 2.94. The molecule has 1 unspecified atom stereocenters. The first-order valence-corrected chi connectivity index (χ1v) is 6.60. The Morgan fingerprint density at radius 3 is 2.63 bits per heavy atom. The highest BCUT2D eigenvalue weighted by Crippen LogP contribution is 2.12. The van der Waals surface area contributed by atoms with Crippen molar-refractivity contribution in [1.82, 2.24) is 10.3 Å². The standard InChI is InChI=1S/C15H15ClN2O/c1-11(14-3-2-8-17-10-14)18-15(19)13-6-4-12(9-16)5-7-13/h2-8,10-11H,9H2,1H3,(H,18,19). The van der Waals surface area contributed by atoms with Crippen LogP contribution in [-0.2, 0) is 5.88 Å². The molecule has 0 aliphatic heterocycles. The molecule has 0 aliphatic rings. The molecular weight excluding hydrogens is 260 g/mol. The molecule has 2 rings (SSSR count). The topological polar surface area (TPSA) is 42.0 Å². The van der Waals surface area contributed by atoms with E-state index in [1.807, 2.05) is 31.2 Å². The normalized spacial score (nSPS) is 11.9. The molecule has 0 saturated carbocycles. The van der Waals surface area contributed by atoms with Crippen LogP contribution in [0.1, 0.15) is 34.5 Å². The maximum absolute atomic E-state index is 12.1. The molecule has 19 heavy (non-hydrogen) atoms. The third-order valence-electron chi connectivity index (χ3n) is 2.90. The Hall–Kier alpha value is -1.87. The molecule has 1 atom stereocenters. The average Bonchev–Trinajstić information content (AvgIpc) is 2.48. The summed E-state index contributed by atoms with van der Waals surface area (Å²) in [5.74, 6) is 0.353. The number of nitrogens with zero attached hydrogens (tertiary/aromatic N) is 1. The molecule has 98 valence electrons. The van der Waals surface area contributed by atoms with Gasteiger partial charge in [0.2, 0.25) is 0 Å². The number of alkyl halides is 1. The molecule has 2 aromatic rings. The van der Waals surface area contributed by atoms with Crippen molar-refractivity contribution in [3.05, 3.63) is 65.5 Å². The molecule has 1 aromatic heterocycles. The SMILES string of the molecule is CC(NC(=O)c1ccc(CCl)cc1)c1cccnc1. The van der Waals surface area contributed by atoms with E-state index in [2.05, 4.69) is 10.3 Å². The lowest BCUT2D eigenvalue weighted by atomic mass is 10.1. The largest absolute Gasteiger partial charge is 0.345 e. The van der Waals surface area contributed by atoms with Crippen LogP contribution in [0.5, 0.6) is 0 Å². The Kier molecular flexibility index (Phi) is 4.53. The zero-order valence-electron chi connectivity index (χ0n) is 10.6. The van der Waals surface area contributed by atoms with Crippen LogP contribution in [0.25, 0.3) is 0 Å². The average molecular weight is 275 g/mol. The van der Waals surface area contributed by atoms with Crippen LogP contribution < -0.4 is 5.32 Å². The number of halogens is 1. The molecule has 0 saturated heterocycles. The van der Waals surface area contributed by atoms with Crippen LogP contribution in [0.15, 0.2) is 48.8 Å². The number of hydrogen-bond acceptors (Lipinski definition) is 2. The van der Waals surface area contributed by atoms with E-state index in [-0.39, 0.29) is 11.9 Å². The van der Waals surface area contributed by atoms with Crippen molar-refractivity contribution in [1.29, 1.82) is 0 Å². The van der Waals surface area contributed by atoms with Gasteiger partial charge in [0, 0.05) is 23.8 Å². The van der Waals surface area contributed by atoms with E-state index in [0.717, 1.165) is 11.1 Å². The Balaban J connectivity index is 2.04. The van der Waals surface area contributed by atoms with Gasteiger partial charge in [0.1, 0.15) is 0 Å². The van der Waals surface area contributed by atoms with Crippen LogP contribution in [-0.4, -0.2) is 10.9 Å². The molecule has 4 heteroatoms. The van der Waals surface area contributed by atoms with Gasteiger partial charge in [-0.25, -0.2) is 0 Å². The number of pyridine rings is 1. The molecule has 0 aliphatic carbocycles. The lowest BCUT2D eigenvalue weighted by molar-refractivity contribution is 0.0940. The van der Waals surface area contributed by atoms with Crippen molar-refractivity contribution in [3.63, 3.8) is 0 Å². The van der Waals surface area contributed by atoms with Gasteiger partial charge in [-0.15, -0.1) is 11.6 Å². The predicted octanol–water partition coefficient (Wildman–Crippen LogP) is 3.31. The van der Waals surface area contributed by atoms with Crippen LogP contribution in [0.2, 0.25) is 0 Å². The molecule has 1 N–H and O–H groups in total. The molecule has 0 radical (unpaired) electrons. The Morgan fingerprint density at radius 2 is 2.05 bits per heavy atom. The summed E-state index contributed by atoms with van der Waals surface area (Å²) < 4.78 is 0. The minimum atomic E-state index is -0.0996. The molecular formula is C15H15ClN2O. The fourth-order valence-corrected chi connectivity index (χ4v) is 1.92. The maximum Gasteiger partial charge on any atom is 0.251 e. The second-order valence-electron chi connectivity index (χ2n) is 4.31. The van der Waals surface area contributed by atoms with Crippen molar-refractivity contribution in [3.8, 4) is 0 Å². The number of amides is 1. The Morgan fingerprint density at radius 1 is 1.32 bits per heavy atom. The molecule has 3 nitrogen and oxygen atoms in total. The number of hydrogen-bond donors (Lipinski definition) is 1. The van der Waals surface area contributed by atoms with Gasteiger partial charge in [-0.1, -0.05) is 18.2 Å². The third kappa shape index (κ3) is 3.55. The summed E-state index contributed by atoms with van der Waals surface area (Å²) in [6.45, 7) is 1.93. The van der Waals surface area contributed by atoms with E-state index in [1.54, 1.807) is 24.5 Å². The molecule has 0 spiro atoms. The van der Waals surface area contributed by atoms with Gasteiger partial charge in [0.25, 0.3) is 5.91 Å². The first kappa shape index (κ1) is 13.6. The summed E-state index contributed by atoms with van der Waals surface area (Å²) in [4.78, 5) is 16.1. The van der Waals surface area contributed by atoms with Crippen molar-refractivity contribution >= 4 is 17.5 Å². The maximum atomic E-state index is 12.1. The summed E-state index contributed by atoms with van der Waals surface area (Å²) in [6, 6.07) is 11.0. The van der Waals surface area contributed by atoms with Crippen LogP contribution >= 0.6 is 11.6 Å². The van der Waals surface area contributed by atoms with Crippen LogP contribution in [0, 0.1) is 0 Å². The minimum absolute atomic E-state index is 0.0751. The lowest BCUT2D eigenvalue weighted by Crippen LogP contribution is -2.26. The number of rotatable bonds is 4. The second kappa shape index (κ2) is 6.34.